The molecule has 0 N–H and O–H groups in total. The highest BCUT2D eigenvalue weighted by molar-refractivity contribution is 7.91. The zero-order chi connectivity index (χ0) is 22.2. The largest absolute Gasteiger partial charge is 0.338 e. The number of carbonyl (C=O) groups excluding carboxylic acids is 2. The van der Waals surface area contributed by atoms with Crippen molar-refractivity contribution in [1.29, 1.82) is 0 Å². The Balaban J connectivity index is 1.41. The van der Waals surface area contributed by atoms with Crippen LogP contribution in [0.2, 0.25) is 0 Å². The molecular weight excluding hydrogens is 448 g/mol. The van der Waals surface area contributed by atoms with Crippen molar-refractivity contribution < 1.29 is 26.8 Å². The molecule has 3 heterocycles. The Labute approximate surface area is 182 Å². The standard InChI is InChI=1S/C20H21F2N3O4S2/c21-15-6-5-14(13-16(15)22)19(26)23-8-10-24(11-9-23)20(27)17-3-1-7-25(17)31(28,29)18-4-2-12-30-18/h2,4-6,12-13,17H,1,3,7-11H2. The van der Waals surface area contributed by atoms with E-state index in [-0.39, 0.29) is 41.9 Å². The second-order valence-corrected chi connectivity index (χ2v) is 10.5. The van der Waals surface area contributed by atoms with Crippen molar-refractivity contribution in [3.05, 3.63) is 52.9 Å². The molecule has 1 aromatic carbocycles. The van der Waals surface area contributed by atoms with Gasteiger partial charge in [0.2, 0.25) is 5.91 Å². The summed E-state index contributed by atoms with van der Waals surface area (Å²) < 4.78 is 53.8. The molecule has 1 atom stereocenters. The maximum Gasteiger partial charge on any atom is 0.254 e. The highest BCUT2D eigenvalue weighted by atomic mass is 32.2. The summed E-state index contributed by atoms with van der Waals surface area (Å²) in [5.41, 5.74) is 0.0442. The van der Waals surface area contributed by atoms with Crippen molar-refractivity contribution in [1.82, 2.24) is 14.1 Å². The zero-order valence-corrected chi connectivity index (χ0v) is 18.2. The minimum absolute atomic E-state index is 0.0442. The third-order valence-electron chi connectivity index (χ3n) is 5.59. The Morgan fingerprint density at radius 1 is 0.968 bits per heavy atom. The van der Waals surface area contributed by atoms with Crippen LogP contribution in [0.5, 0.6) is 0 Å². The Morgan fingerprint density at radius 3 is 2.32 bits per heavy atom. The lowest BCUT2D eigenvalue weighted by Crippen LogP contribution is -2.55. The van der Waals surface area contributed by atoms with Gasteiger partial charge in [-0.25, -0.2) is 17.2 Å². The van der Waals surface area contributed by atoms with Crippen LogP contribution < -0.4 is 0 Å². The van der Waals surface area contributed by atoms with E-state index in [1.165, 1.54) is 21.3 Å². The summed E-state index contributed by atoms with van der Waals surface area (Å²) in [6.07, 6.45) is 1.06. The van der Waals surface area contributed by atoms with Gasteiger partial charge in [-0.05, 0) is 42.5 Å². The molecule has 0 aliphatic carbocycles. The van der Waals surface area contributed by atoms with Gasteiger partial charge >= 0.3 is 0 Å². The Hall–Kier alpha value is -2.37. The summed E-state index contributed by atoms with van der Waals surface area (Å²) in [5, 5.41) is 1.68. The van der Waals surface area contributed by atoms with Crippen LogP contribution in [0.1, 0.15) is 23.2 Å². The van der Waals surface area contributed by atoms with Crippen LogP contribution in [0.4, 0.5) is 8.78 Å². The van der Waals surface area contributed by atoms with Crippen molar-refractivity contribution in [3.63, 3.8) is 0 Å². The Kier molecular flexibility index (Phi) is 6.09. The molecule has 2 aliphatic rings. The molecule has 31 heavy (non-hydrogen) atoms. The van der Waals surface area contributed by atoms with E-state index < -0.39 is 33.6 Å². The monoisotopic (exact) mass is 469 g/mol. The van der Waals surface area contributed by atoms with Gasteiger partial charge < -0.3 is 9.80 Å². The number of benzene rings is 1. The normalized spacial score (nSPS) is 20.3. The number of sulfonamides is 1. The molecule has 2 saturated heterocycles. The van der Waals surface area contributed by atoms with Crippen molar-refractivity contribution in [3.8, 4) is 0 Å². The van der Waals surface area contributed by atoms with Crippen LogP contribution in [-0.2, 0) is 14.8 Å². The number of nitrogens with zero attached hydrogens (tertiary/aromatic N) is 3. The van der Waals surface area contributed by atoms with E-state index in [9.17, 15) is 26.8 Å². The number of amides is 2. The lowest BCUT2D eigenvalue weighted by molar-refractivity contribution is -0.136. The Morgan fingerprint density at radius 2 is 1.68 bits per heavy atom. The predicted molar refractivity (Wildman–Crippen MR) is 110 cm³/mol. The van der Waals surface area contributed by atoms with Gasteiger partial charge in [0.25, 0.3) is 15.9 Å². The second kappa shape index (κ2) is 8.64. The molecule has 0 spiro atoms. The summed E-state index contributed by atoms with van der Waals surface area (Å²) in [7, 11) is -3.72. The highest BCUT2D eigenvalue weighted by Gasteiger charge is 2.42. The fourth-order valence-electron chi connectivity index (χ4n) is 3.95. The van der Waals surface area contributed by atoms with E-state index in [0.717, 1.165) is 23.5 Å². The van der Waals surface area contributed by atoms with Gasteiger partial charge in [-0.1, -0.05) is 6.07 Å². The third-order valence-corrected chi connectivity index (χ3v) is 8.87. The SMILES string of the molecule is O=C(c1ccc(F)c(F)c1)N1CCN(C(=O)C2CCCN2S(=O)(=O)c2cccs2)CC1. The first-order valence-corrected chi connectivity index (χ1v) is 12.2. The van der Waals surface area contributed by atoms with Crippen LogP contribution in [0.3, 0.4) is 0 Å². The van der Waals surface area contributed by atoms with E-state index in [0.29, 0.717) is 19.4 Å². The molecule has 0 radical (unpaired) electrons. The fraction of sp³-hybridized carbons (Fsp3) is 0.400. The smallest absolute Gasteiger partial charge is 0.254 e. The van der Waals surface area contributed by atoms with E-state index in [4.69, 9.17) is 0 Å². The summed E-state index contributed by atoms with van der Waals surface area (Å²) in [5.74, 6) is -2.81. The number of thiophene rings is 1. The summed E-state index contributed by atoms with van der Waals surface area (Å²) in [6, 6.07) is 5.44. The Bertz CT molecular complexity index is 1080. The van der Waals surface area contributed by atoms with Crippen LogP contribution in [0.15, 0.2) is 39.9 Å². The molecule has 1 unspecified atom stereocenters. The first kappa shape index (κ1) is 21.8. The molecular formula is C20H21F2N3O4S2. The van der Waals surface area contributed by atoms with Crippen molar-refractivity contribution in [2.45, 2.75) is 23.1 Å². The molecule has 0 saturated carbocycles. The summed E-state index contributed by atoms with van der Waals surface area (Å²) in [4.78, 5) is 28.7. The van der Waals surface area contributed by atoms with Gasteiger partial charge in [0.15, 0.2) is 11.6 Å². The highest BCUT2D eigenvalue weighted by Crippen LogP contribution is 2.29. The van der Waals surface area contributed by atoms with E-state index in [1.54, 1.807) is 16.3 Å². The van der Waals surface area contributed by atoms with E-state index >= 15 is 0 Å². The first-order chi connectivity index (χ1) is 14.8. The second-order valence-electron chi connectivity index (χ2n) is 7.45. The number of hydrogen-bond donors (Lipinski definition) is 0. The minimum Gasteiger partial charge on any atom is -0.338 e. The molecule has 7 nitrogen and oxygen atoms in total. The average Bonchev–Trinajstić information content (AvgIpc) is 3.47. The molecule has 2 amide bonds. The maximum atomic E-state index is 13.4. The van der Waals surface area contributed by atoms with Gasteiger partial charge in [-0.2, -0.15) is 4.31 Å². The number of carbonyl (C=O) groups is 2. The molecule has 0 bridgehead atoms. The topological polar surface area (TPSA) is 78.0 Å². The summed E-state index contributed by atoms with van der Waals surface area (Å²) in [6.45, 7) is 1.25. The van der Waals surface area contributed by atoms with Gasteiger partial charge in [-0.15, -0.1) is 11.3 Å². The van der Waals surface area contributed by atoms with Gasteiger partial charge in [0.05, 0.1) is 0 Å². The summed E-state index contributed by atoms with van der Waals surface area (Å²) >= 11 is 1.12. The van der Waals surface area contributed by atoms with Crippen LogP contribution >= 0.6 is 11.3 Å². The predicted octanol–water partition coefficient (Wildman–Crippen LogP) is 2.16. The maximum absolute atomic E-state index is 13.4. The number of rotatable bonds is 4. The number of hydrogen-bond acceptors (Lipinski definition) is 5. The molecule has 2 aromatic rings. The average molecular weight is 470 g/mol. The molecule has 11 heteroatoms. The molecule has 2 fully saturated rings. The van der Waals surface area contributed by atoms with Crippen LogP contribution in [-0.4, -0.2) is 73.1 Å². The lowest BCUT2D eigenvalue weighted by Gasteiger charge is -2.37. The molecule has 1 aromatic heterocycles. The van der Waals surface area contributed by atoms with Crippen LogP contribution in [0, 0.1) is 11.6 Å². The number of piperazine rings is 1. The van der Waals surface area contributed by atoms with Crippen molar-refractivity contribution >= 4 is 33.2 Å². The van der Waals surface area contributed by atoms with Gasteiger partial charge in [-0.3, -0.25) is 9.59 Å². The zero-order valence-electron chi connectivity index (χ0n) is 16.5. The minimum atomic E-state index is -3.72. The number of halogens is 2. The molecule has 2 aliphatic heterocycles. The quantitative estimate of drug-likeness (QED) is 0.688. The molecule has 4 rings (SSSR count). The third kappa shape index (κ3) is 4.21. The van der Waals surface area contributed by atoms with Gasteiger partial charge in [0, 0.05) is 38.3 Å². The van der Waals surface area contributed by atoms with Crippen molar-refractivity contribution in [2.75, 3.05) is 32.7 Å². The van der Waals surface area contributed by atoms with E-state index in [1.807, 2.05) is 0 Å². The lowest BCUT2D eigenvalue weighted by atomic mass is 10.1. The molecule has 166 valence electrons. The van der Waals surface area contributed by atoms with Gasteiger partial charge in [0.1, 0.15) is 10.3 Å². The van der Waals surface area contributed by atoms with E-state index in [2.05, 4.69) is 0 Å². The van der Waals surface area contributed by atoms with Crippen molar-refractivity contribution in [2.24, 2.45) is 0 Å². The van der Waals surface area contributed by atoms with Crippen LogP contribution in [0.25, 0.3) is 0 Å². The first-order valence-electron chi connectivity index (χ1n) is 9.87. The fourth-order valence-corrected chi connectivity index (χ4v) is 6.72.